The maximum atomic E-state index is 12.0. The minimum absolute atomic E-state index is 0.350. The smallest absolute Gasteiger partial charge is 0.325 e. The lowest BCUT2D eigenvalue weighted by atomic mass is 10.0. The third kappa shape index (κ3) is 2.45. The van der Waals surface area contributed by atoms with E-state index in [1.807, 2.05) is 24.3 Å². The number of carboxylic acid groups (broad SMARTS) is 1. The molecule has 1 aromatic rings. The second kappa shape index (κ2) is 5.08. The van der Waals surface area contributed by atoms with Gasteiger partial charge in [-0.15, -0.1) is 0 Å². The Kier molecular flexibility index (Phi) is 3.50. The highest BCUT2D eigenvalue weighted by Crippen LogP contribution is 2.26. The van der Waals surface area contributed by atoms with Crippen molar-refractivity contribution in [2.24, 2.45) is 0 Å². The van der Waals surface area contributed by atoms with E-state index in [2.05, 4.69) is 5.32 Å². The zero-order chi connectivity index (χ0) is 13.1. The van der Waals surface area contributed by atoms with Crippen LogP contribution < -0.4 is 10.2 Å². The minimum Gasteiger partial charge on any atom is -0.480 e. The summed E-state index contributed by atoms with van der Waals surface area (Å²) in [6, 6.07) is 6.48. The summed E-state index contributed by atoms with van der Waals surface area (Å²) in [5.41, 5.74) is 2.00. The highest BCUT2D eigenvalue weighted by Gasteiger charge is 2.24. The molecule has 2 amide bonds. The summed E-state index contributed by atoms with van der Waals surface area (Å²) < 4.78 is 0. The molecule has 0 fully saturated rings. The van der Waals surface area contributed by atoms with Crippen molar-refractivity contribution in [1.82, 2.24) is 5.32 Å². The zero-order valence-electron chi connectivity index (χ0n) is 10.2. The standard InChI is InChI=1S/C13H16N2O3/c1-9(12(16)17)14-13(18)15-8-4-6-10-5-2-3-7-11(10)15/h2-3,5,7,9H,4,6,8H2,1H3,(H,14,18)(H,16,17)/t9-/m0/s1. The predicted octanol–water partition coefficient (Wildman–Crippen LogP) is 1.62. The number of aliphatic carboxylic acids is 1. The van der Waals surface area contributed by atoms with E-state index in [-0.39, 0.29) is 6.03 Å². The van der Waals surface area contributed by atoms with E-state index >= 15 is 0 Å². The molecule has 5 heteroatoms. The Morgan fingerprint density at radius 1 is 1.39 bits per heavy atom. The lowest BCUT2D eigenvalue weighted by Crippen LogP contribution is -2.48. The highest BCUT2D eigenvalue weighted by atomic mass is 16.4. The second-order valence-corrected chi connectivity index (χ2v) is 4.39. The van der Waals surface area contributed by atoms with Gasteiger partial charge in [-0.2, -0.15) is 0 Å². The molecule has 0 saturated heterocycles. The van der Waals surface area contributed by atoms with Crippen LogP contribution in [0.4, 0.5) is 10.5 Å². The van der Waals surface area contributed by atoms with Gasteiger partial charge in [0.05, 0.1) is 0 Å². The Balaban J connectivity index is 2.15. The number of nitrogens with one attached hydrogen (secondary N) is 1. The van der Waals surface area contributed by atoms with Gasteiger partial charge in [-0.3, -0.25) is 9.69 Å². The van der Waals surface area contributed by atoms with Gasteiger partial charge in [0.1, 0.15) is 6.04 Å². The number of carbonyl (C=O) groups excluding carboxylic acids is 1. The Labute approximate surface area is 105 Å². The molecule has 1 aromatic carbocycles. The molecular formula is C13H16N2O3. The average molecular weight is 248 g/mol. The Morgan fingerprint density at radius 3 is 2.83 bits per heavy atom. The van der Waals surface area contributed by atoms with E-state index in [1.54, 1.807) is 4.90 Å². The minimum atomic E-state index is -1.03. The van der Waals surface area contributed by atoms with Gasteiger partial charge in [0.15, 0.2) is 0 Å². The molecule has 1 atom stereocenters. The number of benzene rings is 1. The first-order chi connectivity index (χ1) is 8.59. The number of carboxylic acids is 1. The molecule has 5 nitrogen and oxygen atoms in total. The van der Waals surface area contributed by atoms with Crippen molar-refractivity contribution in [2.75, 3.05) is 11.4 Å². The number of para-hydroxylation sites is 1. The van der Waals surface area contributed by atoms with Crippen LogP contribution in [0.3, 0.4) is 0 Å². The Morgan fingerprint density at radius 2 is 2.11 bits per heavy atom. The van der Waals surface area contributed by atoms with Gasteiger partial charge >= 0.3 is 12.0 Å². The van der Waals surface area contributed by atoms with E-state index < -0.39 is 12.0 Å². The molecule has 0 radical (unpaired) electrons. The molecule has 0 aromatic heterocycles. The monoisotopic (exact) mass is 248 g/mol. The third-order valence-corrected chi connectivity index (χ3v) is 3.07. The number of urea groups is 1. The number of nitrogens with zero attached hydrogens (tertiary/aromatic N) is 1. The van der Waals surface area contributed by atoms with Gasteiger partial charge in [0.25, 0.3) is 0 Å². The number of carbonyl (C=O) groups is 2. The van der Waals surface area contributed by atoms with Crippen LogP contribution >= 0.6 is 0 Å². The summed E-state index contributed by atoms with van der Waals surface area (Å²) in [6.07, 6.45) is 1.85. The van der Waals surface area contributed by atoms with E-state index in [0.717, 1.165) is 24.1 Å². The fourth-order valence-corrected chi connectivity index (χ4v) is 2.07. The number of fused-ring (bicyclic) bond motifs is 1. The summed E-state index contributed by atoms with van der Waals surface area (Å²) in [5, 5.41) is 11.3. The summed E-state index contributed by atoms with van der Waals surface area (Å²) >= 11 is 0. The first-order valence-corrected chi connectivity index (χ1v) is 5.98. The van der Waals surface area contributed by atoms with Crippen molar-refractivity contribution in [3.8, 4) is 0 Å². The number of amides is 2. The van der Waals surface area contributed by atoms with Crippen LogP contribution in [-0.4, -0.2) is 29.7 Å². The van der Waals surface area contributed by atoms with E-state index in [4.69, 9.17) is 5.11 Å². The van der Waals surface area contributed by atoms with Crippen molar-refractivity contribution in [2.45, 2.75) is 25.8 Å². The maximum Gasteiger partial charge on any atom is 0.325 e. The molecule has 2 rings (SSSR count). The van der Waals surface area contributed by atoms with Crippen LogP contribution in [0, 0.1) is 0 Å². The van der Waals surface area contributed by atoms with Crippen LogP contribution in [0.25, 0.3) is 0 Å². The van der Waals surface area contributed by atoms with Gasteiger partial charge in [-0.1, -0.05) is 18.2 Å². The lowest BCUT2D eigenvalue weighted by Gasteiger charge is -2.30. The van der Waals surface area contributed by atoms with Crippen LogP contribution in [0.5, 0.6) is 0 Å². The molecule has 1 heterocycles. The number of aryl methyl sites for hydroxylation is 1. The SMILES string of the molecule is C[C@H](NC(=O)N1CCCc2ccccc21)C(=O)O. The molecule has 0 bridgehead atoms. The summed E-state index contributed by atoms with van der Waals surface area (Å²) in [7, 11) is 0. The number of anilines is 1. The number of hydrogen-bond acceptors (Lipinski definition) is 2. The fraction of sp³-hybridized carbons (Fsp3) is 0.385. The van der Waals surface area contributed by atoms with Crippen LogP contribution in [0.1, 0.15) is 18.9 Å². The molecule has 0 saturated carbocycles. The molecule has 0 unspecified atom stereocenters. The average Bonchev–Trinajstić information content (AvgIpc) is 2.37. The Bertz CT molecular complexity index is 473. The van der Waals surface area contributed by atoms with E-state index in [0.29, 0.717) is 6.54 Å². The zero-order valence-corrected chi connectivity index (χ0v) is 10.2. The molecule has 18 heavy (non-hydrogen) atoms. The first kappa shape index (κ1) is 12.4. The van der Waals surface area contributed by atoms with Crippen molar-refractivity contribution in [1.29, 1.82) is 0 Å². The second-order valence-electron chi connectivity index (χ2n) is 4.39. The summed E-state index contributed by atoms with van der Waals surface area (Å²) in [6.45, 7) is 2.07. The van der Waals surface area contributed by atoms with Gasteiger partial charge in [-0.25, -0.2) is 4.79 Å². The van der Waals surface area contributed by atoms with Gasteiger partial charge in [0.2, 0.25) is 0 Å². The van der Waals surface area contributed by atoms with Gasteiger partial charge < -0.3 is 10.4 Å². The molecule has 1 aliphatic heterocycles. The predicted molar refractivity (Wildman–Crippen MR) is 67.7 cm³/mol. The van der Waals surface area contributed by atoms with Crippen LogP contribution in [-0.2, 0) is 11.2 Å². The summed E-state index contributed by atoms with van der Waals surface area (Å²) in [4.78, 5) is 24.4. The van der Waals surface area contributed by atoms with E-state index in [1.165, 1.54) is 6.92 Å². The van der Waals surface area contributed by atoms with Crippen molar-refractivity contribution < 1.29 is 14.7 Å². The van der Waals surface area contributed by atoms with Crippen LogP contribution in [0.15, 0.2) is 24.3 Å². The largest absolute Gasteiger partial charge is 0.480 e. The Hall–Kier alpha value is -2.04. The summed E-state index contributed by atoms with van der Waals surface area (Å²) in [5.74, 6) is -1.03. The molecule has 0 spiro atoms. The van der Waals surface area contributed by atoms with Crippen molar-refractivity contribution in [3.05, 3.63) is 29.8 Å². The quantitative estimate of drug-likeness (QED) is 0.835. The normalized spacial score (nSPS) is 15.7. The lowest BCUT2D eigenvalue weighted by molar-refractivity contribution is -0.138. The molecule has 1 aliphatic rings. The van der Waals surface area contributed by atoms with Crippen molar-refractivity contribution >= 4 is 17.7 Å². The van der Waals surface area contributed by atoms with Gasteiger partial charge in [-0.05, 0) is 31.4 Å². The maximum absolute atomic E-state index is 12.0. The number of hydrogen-bond donors (Lipinski definition) is 2. The van der Waals surface area contributed by atoms with Crippen molar-refractivity contribution in [3.63, 3.8) is 0 Å². The fourth-order valence-electron chi connectivity index (χ4n) is 2.07. The molecule has 0 aliphatic carbocycles. The topological polar surface area (TPSA) is 69.6 Å². The highest BCUT2D eigenvalue weighted by molar-refractivity contribution is 5.95. The molecule has 2 N–H and O–H groups in total. The molecular weight excluding hydrogens is 232 g/mol. The third-order valence-electron chi connectivity index (χ3n) is 3.07. The molecule has 96 valence electrons. The van der Waals surface area contributed by atoms with Crippen LogP contribution in [0.2, 0.25) is 0 Å². The number of rotatable bonds is 2. The first-order valence-electron chi connectivity index (χ1n) is 5.98. The van der Waals surface area contributed by atoms with Gasteiger partial charge in [0, 0.05) is 12.2 Å². The van der Waals surface area contributed by atoms with E-state index in [9.17, 15) is 9.59 Å².